The van der Waals surface area contributed by atoms with E-state index in [0.29, 0.717) is 16.8 Å². The molecular formula is C28H21F2N5O3. The maximum Gasteiger partial charge on any atom is 0.282 e. The third-order valence-electron chi connectivity index (χ3n) is 5.90. The van der Waals surface area contributed by atoms with Crippen molar-refractivity contribution in [3.05, 3.63) is 123 Å². The number of carbonyl (C=O) groups excluding carboxylic acids is 2. The van der Waals surface area contributed by atoms with Crippen molar-refractivity contribution in [2.24, 2.45) is 0 Å². The van der Waals surface area contributed by atoms with Gasteiger partial charge in [-0.3, -0.25) is 14.4 Å². The van der Waals surface area contributed by atoms with Crippen molar-refractivity contribution >= 4 is 35.2 Å². The molecule has 0 atom stereocenters. The first-order chi connectivity index (χ1) is 18.4. The lowest BCUT2D eigenvalue weighted by molar-refractivity contribution is -0.110. The van der Waals surface area contributed by atoms with Gasteiger partial charge in [0.1, 0.15) is 0 Å². The molecular weight excluding hydrogens is 492 g/mol. The number of anilines is 1. The molecule has 0 spiro atoms. The molecule has 2 aromatic carbocycles. The van der Waals surface area contributed by atoms with Crippen LogP contribution in [-0.2, 0) is 11.3 Å². The molecule has 0 saturated heterocycles. The van der Waals surface area contributed by atoms with Gasteiger partial charge in [0.05, 0.1) is 12.1 Å². The second-order valence-corrected chi connectivity index (χ2v) is 8.51. The third kappa shape index (κ3) is 5.19. The van der Waals surface area contributed by atoms with Gasteiger partial charge in [0.25, 0.3) is 17.4 Å². The average molecular weight is 514 g/mol. The van der Waals surface area contributed by atoms with Crippen LogP contribution in [0.25, 0.3) is 17.7 Å². The Kier molecular flexibility index (Phi) is 6.77. The number of hydrogen-bond acceptors (Lipinski definition) is 4. The van der Waals surface area contributed by atoms with Crippen molar-refractivity contribution in [3.63, 3.8) is 0 Å². The van der Waals surface area contributed by atoms with Gasteiger partial charge in [-0.05, 0) is 47.5 Å². The van der Waals surface area contributed by atoms with E-state index in [1.165, 1.54) is 23.0 Å². The maximum absolute atomic E-state index is 13.5. The fourth-order valence-electron chi connectivity index (χ4n) is 4.04. The van der Waals surface area contributed by atoms with E-state index in [-0.39, 0.29) is 24.7 Å². The number of carbonyl (C=O) groups is 2. The SMILES string of the molecule is O=C1Nc2cc(/C=C/CNC(=O)c3nccn(Cc4ccc(F)c(F)c4)c3=O)ccc2/C1=C/c1ccc[nH]1. The zero-order valence-electron chi connectivity index (χ0n) is 19.9. The van der Waals surface area contributed by atoms with Gasteiger partial charge < -0.3 is 20.2 Å². The maximum atomic E-state index is 13.5. The highest BCUT2D eigenvalue weighted by atomic mass is 19.2. The van der Waals surface area contributed by atoms with Crippen molar-refractivity contribution in [1.29, 1.82) is 0 Å². The molecule has 38 heavy (non-hydrogen) atoms. The Morgan fingerprint density at radius 3 is 2.74 bits per heavy atom. The Hall–Kier alpha value is -5.12. The third-order valence-corrected chi connectivity index (χ3v) is 5.90. The molecule has 3 heterocycles. The van der Waals surface area contributed by atoms with E-state index >= 15 is 0 Å². The van der Waals surface area contributed by atoms with Crippen molar-refractivity contribution in [2.45, 2.75) is 6.54 Å². The number of hydrogen-bond donors (Lipinski definition) is 3. The molecule has 190 valence electrons. The van der Waals surface area contributed by atoms with Gasteiger partial charge in [-0.1, -0.05) is 30.4 Å². The molecule has 1 aliphatic rings. The molecule has 0 saturated carbocycles. The number of nitrogens with zero attached hydrogens (tertiary/aromatic N) is 2. The van der Waals surface area contributed by atoms with Crippen molar-refractivity contribution in [1.82, 2.24) is 19.9 Å². The summed E-state index contributed by atoms with van der Waals surface area (Å²) in [6.45, 7) is 0.0783. The van der Waals surface area contributed by atoms with Gasteiger partial charge in [0, 0.05) is 42.1 Å². The zero-order valence-corrected chi connectivity index (χ0v) is 19.9. The molecule has 0 unspecified atom stereocenters. The minimum atomic E-state index is -1.02. The Morgan fingerprint density at radius 2 is 1.95 bits per heavy atom. The highest BCUT2D eigenvalue weighted by molar-refractivity contribution is 6.34. The fourth-order valence-corrected chi connectivity index (χ4v) is 4.04. The average Bonchev–Trinajstić information content (AvgIpc) is 3.53. The lowest BCUT2D eigenvalue weighted by atomic mass is 10.0. The van der Waals surface area contributed by atoms with E-state index in [1.54, 1.807) is 24.4 Å². The molecule has 0 bridgehead atoms. The van der Waals surface area contributed by atoms with Gasteiger partial charge in [0.15, 0.2) is 17.3 Å². The second-order valence-electron chi connectivity index (χ2n) is 8.51. The number of amides is 2. The molecule has 0 aliphatic carbocycles. The topological polar surface area (TPSA) is 109 Å². The molecule has 10 heteroatoms. The lowest BCUT2D eigenvalue weighted by Crippen LogP contribution is -2.34. The molecule has 5 rings (SSSR count). The summed E-state index contributed by atoms with van der Waals surface area (Å²) in [5.41, 5.74) is 3.08. The smallest absolute Gasteiger partial charge is 0.282 e. The molecule has 0 fully saturated rings. The van der Waals surface area contributed by atoms with Crippen LogP contribution in [0.1, 0.15) is 32.9 Å². The van der Waals surface area contributed by atoms with Crippen LogP contribution in [0.5, 0.6) is 0 Å². The largest absolute Gasteiger partial charge is 0.362 e. The molecule has 0 radical (unpaired) electrons. The molecule has 8 nitrogen and oxygen atoms in total. The summed E-state index contributed by atoms with van der Waals surface area (Å²) in [4.78, 5) is 44.6. The molecule has 3 N–H and O–H groups in total. The fraction of sp³-hybridized carbons (Fsp3) is 0.0714. The summed E-state index contributed by atoms with van der Waals surface area (Å²) in [6, 6.07) is 12.6. The summed E-state index contributed by atoms with van der Waals surface area (Å²) in [7, 11) is 0. The Balaban J connectivity index is 1.22. The first-order valence-electron chi connectivity index (χ1n) is 11.6. The first kappa shape index (κ1) is 24.6. The Bertz CT molecular complexity index is 1660. The van der Waals surface area contributed by atoms with Crippen LogP contribution in [-0.4, -0.2) is 32.9 Å². The number of nitrogens with one attached hydrogen (secondary N) is 3. The van der Waals surface area contributed by atoms with Crippen LogP contribution in [0.4, 0.5) is 14.5 Å². The standard InChI is InChI=1S/C28H21F2N5O3/c29-22-8-6-18(13-23(22)30)16-35-12-11-32-25(28(35)38)27(37)33-10-1-3-17-5-7-20-21(15-19-4-2-9-31-19)26(36)34-24(20)14-17/h1-9,11-15,31H,10,16H2,(H,33,37)(H,34,36)/b3-1+,21-15-. The van der Waals surface area contributed by atoms with Gasteiger partial charge in [-0.25, -0.2) is 13.8 Å². The monoisotopic (exact) mass is 513 g/mol. The van der Waals surface area contributed by atoms with E-state index in [9.17, 15) is 23.2 Å². The number of H-pyrrole nitrogens is 1. The van der Waals surface area contributed by atoms with Crippen LogP contribution < -0.4 is 16.2 Å². The van der Waals surface area contributed by atoms with Crippen LogP contribution >= 0.6 is 0 Å². The number of benzene rings is 2. The zero-order chi connectivity index (χ0) is 26.6. The highest BCUT2D eigenvalue weighted by Crippen LogP contribution is 2.33. The minimum absolute atomic E-state index is 0.0461. The number of fused-ring (bicyclic) bond motifs is 1. The highest BCUT2D eigenvalue weighted by Gasteiger charge is 2.24. The van der Waals surface area contributed by atoms with E-state index in [0.717, 1.165) is 29.0 Å². The van der Waals surface area contributed by atoms with Crippen molar-refractivity contribution in [3.8, 4) is 0 Å². The van der Waals surface area contributed by atoms with Crippen LogP contribution in [0.3, 0.4) is 0 Å². The summed E-state index contributed by atoms with van der Waals surface area (Å²) in [6.07, 6.45) is 9.71. The lowest BCUT2D eigenvalue weighted by Gasteiger charge is -2.08. The molecule has 4 aromatic rings. The quantitative estimate of drug-likeness (QED) is 0.326. The van der Waals surface area contributed by atoms with Crippen LogP contribution in [0, 0.1) is 11.6 Å². The molecule has 2 aromatic heterocycles. The predicted octanol–water partition coefficient (Wildman–Crippen LogP) is 3.83. The van der Waals surface area contributed by atoms with E-state index < -0.39 is 23.1 Å². The number of aromatic amines is 1. The van der Waals surface area contributed by atoms with Gasteiger partial charge in [-0.15, -0.1) is 0 Å². The van der Waals surface area contributed by atoms with Gasteiger partial charge >= 0.3 is 0 Å². The van der Waals surface area contributed by atoms with E-state index in [1.807, 2.05) is 30.3 Å². The number of aromatic nitrogens is 3. The predicted molar refractivity (Wildman–Crippen MR) is 139 cm³/mol. The summed E-state index contributed by atoms with van der Waals surface area (Å²) < 4.78 is 27.8. The summed E-state index contributed by atoms with van der Waals surface area (Å²) in [5, 5.41) is 5.47. The summed E-state index contributed by atoms with van der Waals surface area (Å²) >= 11 is 0. The van der Waals surface area contributed by atoms with Crippen LogP contribution in [0.15, 0.2) is 78.0 Å². The Labute approximate surface area is 215 Å². The van der Waals surface area contributed by atoms with E-state index in [2.05, 4.69) is 20.6 Å². The molecule has 1 aliphatic heterocycles. The van der Waals surface area contributed by atoms with Crippen molar-refractivity contribution in [2.75, 3.05) is 11.9 Å². The first-order valence-corrected chi connectivity index (χ1v) is 11.6. The van der Waals surface area contributed by atoms with Crippen molar-refractivity contribution < 1.29 is 18.4 Å². The normalized spacial score (nSPS) is 13.6. The van der Waals surface area contributed by atoms with Gasteiger partial charge in [-0.2, -0.15) is 0 Å². The van der Waals surface area contributed by atoms with Gasteiger partial charge in [0.2, 0.25) is 0 Å². The second kappa shape index (κ2) is 10.5. The summed E-state index contributed by atoms with van der Waals surface area (Å²) in [5.74, 6) is -2.86. The number of rotatable bonds is 7. The minimum Gasteiger partial charge on any atom is -0.362 e. The number of halogens is 2. The molecule has 2 amide bonds. The Morgan fingerprint density at radius 1 is 1.08 bits per heavy atom. The van der Waals surface area contributed by atoms with E-state index in [4.69, 9.17) is 0 Å². The van der Waals surface area contributed by atoms with Crippen LogP contribution in [0.2, 0.25) is 0 Å².